The summed E-state index contributed by atoms with van der Waals surface area (Å²) in [6, 6.07) is 4.54. The third kappa shape index (κ3) is 3.61. The number of benzene rings is 1. The molecule has 1 unspecified atom stereocenters. The van der Waals surface area contributed by atoms with Gasteiger partial charge in [-0.15, -0.1) is 0 Å². The molecule has 106 valence electrons. The molecule has 2 nitrogen and oxygen atoms in total. The lowest BCUT2D eigenvalue weighted by atomic mass is 9.68. The SMILES string of the molecule is CC1(C)CCCC(CN)(Nc2cc(F)cc(Cl)c2)C1. The Labute approximate surface area is 119 Å². The number of halogens is 2. The summed E-state index contributed by atoms with van der Waals surface area (Å²) in [4.78, 5) is 0. The Bertz CT molecular complexity index is 441. The maximum absolute atomic E-state index is 13.4. The van der Waals surface area contributed by atoms with Gasteiger partial charge in [0.25, 0.3) is 0 Å². The monoisotopic (exact) mass is 284 g/mol. The number of anilines is 1. The van der Waals surface area contributed by atoms with Crippen LogP contribution in [0, 0.1) is 11.2 Å². The number of hydrogen-bond acceptors (Lipinski definition) is 2. The van der Waals surface area contributed by atoms with Crippen molar-refractivity contribution in [2.45, 2.75) is 45.1 Å². The summed E-state index contributed by atoms with van der Waals surface area (Å²) < 4.78 is 13.4. The van der Waals surface area contributed by atoms with Gasteiger partial charge in [-0.25, -0.2) is 4.39 Å². The van der Waals surface area contributed by atoms with E-state index in [4.69, 9.17) is 17.3 Å². The molecule has 1 aromatic carbocycles. The standard InChI is InChI=1S/C15H22ClFN2/c1-14(2)4-3-5-15(9-14,10-18)19-13-7-11(16)6-12(17)8-13/h6-8,19H,3-5,9-10,18H2,1-2H3. The molecule has 1 aliphatic rings. The van der Waals surface area contributed by atoms with Crippen LogP contribution in [0.15, 0.2) is 18.2 Å². The van der Waals surface area contributed by atoms with Crippen LogP contribution >= 0.6 is 11.6 Å². The maximum Gasteiger partial charge on any atom is 0.126 e. The van der Waals surface area contributed by atoms with Gasteiger partial charge < -0.3 is 11.1 Å². The van der Waals surface area contributed by atoms with E-state index in [-0.39, 0.29) is 16.8 Å². The van der Waals surface area contributed by atoms with Crippen molar-refractivity contribution in [2.24, 2.45) is 11.1 Å². The van der Waals surface area contributed by atoms with Gasteiger partial charge in [-0.3, -0.25) is 0 Å². The molecule has 0 aliphatic heterocycles. The van der Waals surface area contributed by atoms with Gasteiger partial charge in [0.05, 0.1) is 5.54 Å². The second-order valence-corrected chi connectivity index (χ2v) is 6.90. The van der Waals surface area contributed by atoms with Gasteiger partial charge in [-0.2, -0.15) is 0 Å². The van der Waals surface area contributed by atoms with Gasteiger partial charge in [0.15, 0.2) is 0 Å². The first kappa shape index (κ1) is 14.6. The van der Waals surface area contributed by atoms with Crippen LogP contribution < -0.4 is 11.1 Å². The zero-order valence-corrected chi connectivity index (χ0v) is 12.4. The third-order valence-electron chi connectivity index (χ3n) is 3.99. The summed E-state index contributed by atoms with van der Waals surface area (Å²) >= 11 is 5.90. The fourth-order valence-corrected chi connectivity index (χ4v) is 3.48. The average molecular weight is 285 g/mol. The first-order chi connectivity index (χ1) is 8.84. The minimum absolute atomic E-state index is 0.154. The lowest BCUT2D eigenvalue weighted by Gasteiger charge is -2.45. The van der Waals surface area contributed by atoms with E-state index in [9.17, 15) is 4.39 Å². The van der Waals surface area contributed by atoms with Gasteiger partial charge in [0.2, 0.25) is 0 Å². The summed E-state index contributed by atoms with van der Waals surface area (Å²) in [5.41, 5.74) is 6.82. The zero-order valence-electron chi connectivity index (χ0n) is 11.6. The van der Waals surface area contributed by atoms with Crippen LogP contribution in [-0.2, 0) is 0 Å². The highest BCUT2D eigenvalue weighted by atomic mass is 35.5. The van der Waals surface area contributed by atoms with Crippen LogP contribution in [0.25, 0.3) is 0 Å². The smallest absolute Gasteiger partial charge is 0.126 e. The van der Waals surface area contributed by atoms with Crippen LogP contribution in [0.5, 0.6) is 0 Å². The lowest BCUT2D eigenvalue weighted by Crippen LogP contribution is -2.51. The van der Waals surface area contributed by atoms with E-state index in [0.717, 1.165) is 19.3 Å². The highest BCUT2D eigenvalue weighted by molar-refractivity contribution is 6.30. The normalized spacial score (nSPS) is 26.2. The van der Waals surface area contributed by atoms with Crippen molar-refractivity contribution >= 4 is 17.3 Å². The number of hydrogen-bond donors (Lipinski definition) is 2. The molecule has 1 atom stereocenters. The van der Waals surface area contributed by atoms with Gasteiger partial charge in [0, 0.05) is 17.3 Å². The van der Waals surface area contributed by atoms with Crippen molar-refractivity contribution in [1.82, 2.24) is 0 Å². The Hall–Kier alpha value is -0.800. The highest BCUT2D eigenvalue weighted by Gasteiger charge is 2.39. The first-order valence-electron chi connectivity index (χ1n) is 6.79. The van der Waals surface area contributed by atoms with Gasteiger partial charge in [-0.05, 0) is 42.9 Å². The molecule has 1 aromatic rings. The molecule has 0 heterocycles. The molecule has 0 radical (unpaired) electrons. The Morgan fingerprint density at radius 3 is 2.63 bits per heavy atom. The average Bonchev–Trinajstić information content (AvgIpc) is 2.26. The van der Waals surface area contributed by atoms with E-state index in [2.05, 4.69) is 19.2 Å². The van der Waals surface area contributed by atoms with Crippen molar-refractivity contribution in [2.75, 3.05) is 11.9 Å². The first-order valence-corrected chi connectivity index (χ1v) is 7.16. The maximum atomic E-state index is 13.4. The molecule has 2 rings (SSSR count). The molecule has 19 heavy (non-hydrogen) atoms. The molecule has 0 aromatic heterocycles. The molecule has 3 N–H and O–H groups in total. The number of nitrogens with two attached hydrogens (primary N) is 1. The summed E-state index contributed by atoms with van der Waals surface area (Å²) in [5.74, 6) is -0.322. The summed E-state index contributed by atoms with van der Waals surface area (Å²) in [6.45, 7) is 5.07. The van der Waals surface area contributed by atoms with Crippen molar-refractivity contribution in [3.8, 4) is 0 Å². The molecule has 1 fully saturated rings. The zero-order chi connectivity index (χ0) is 14.1. The second-order valence-electron chi connectivity index (χ2n) is 6.46. The van der Waals surface area contributed by atoms with E-state index in [0.29, 0.717) is 17.3 Å². The molecule has 0 spiro atoms. The fraction of sp³-hybridized carbons (Fsp3) is 0.600. The second kappa shape index (κ2) is 5.29. The Balaban J connectivity index is 2.22. The van der Waals surface area contributed by atoms with Crippen molar-refractivity contribution in [1.29, 1.82) is 0 Å². The minimum Gasteiger partial charge on any atom is -0.378 e. The van der Waals surface area contributed by atoms with E-state index in [1.165, 1.54) is 18.6 Å². The quantitative estimate of drug-likeness (QED) is 0.873. The van der Waals surface area contributed by atoms with Gasteiger partial charge >= 0.3 is 0 Å². The van der Waals surface area contributed by atoms with Gasteiger partial charge in [-0.1, -0.05) is 31.9 Å². The third-order valence-corrected chi connectivity index (χ3v) is 4.21. The van der Waals surface area contributed by atoms with Crippen LogP contribution in [0.1, 0.15) is 39.5 Å². The topological polar surface area (TPSA) is 38.0 Å². The molecular weight excluding hydrogens is 263 g/mol. The molecule has 1 saturated carbocycles. The lowest BCUT2D eigenvalue weighted by molar-refractivity contribution is 0.170. The molecule has 1 aliphatic carbocycles. The van der Waals surface area contributed by atoms with Crippen LogP contribution in [-0.4, -0.2) is 12.1 Å². The van der Waals surface area contributed by atoms with Crippen LogP contribution in [0.4, 0.5) is 10.1 Å². The van der Waals surface area contributed by atoms with Crippen LogP contribution in [0.3, 0.4) is 0 Å². The molecule has 0 bridgehead atoms. The van der Waals surface area contributed by atoms with E-state index in [1.54, 1.807) is 6.07 Å². The number of rotatable bonds is 3. The summed E-state index contributed by atoms with van der Waals surface area (Å²) in [6.07, 6.45) is 4.35. The van der Waals surface area contributed by atoms with E-state index < -0.39 is 0 Å². The van der Waals surface area contributed by atoms with Crippen LogP contribution in [0.2, 0.25) is 5.02 Å². The summed E-state index contributed by atoms with van der Waals surface area (Å²) in [7, 11) is 0. The minimum atomic E-state index is -0.322. The number of nitrogens with one attached hydrogen (secondary N) is 1. The Morgan fingerprint density at radius 1 is 1.32 bits per heavy atom. The van der Waals surface area contributed by atoms with E-state index >= 15 is 0 Å². The van der Waals surface area contributed by atoms with E-state index in [1.807, 2.05) is 0 Å². The van der Waals surface area contributed by atoms with Crippen molar-refractivity contribution in [3.63, 3.8) is 0 Å². The summed E-state index contributed by atoms with van der Waals surface area (Å²) in [5, 5.41) is 3.84. The van der Waals surface area contributed by atoms with Crippen molar-refractivity contribution < 1.29 is 4.39 Å². The predicted octanol–water partition coefficient (Wildman–Crippen LogP) is 4.19. The Kier molecular flexibility index (Phi) is 4.07. The molecule has 4 heteroatoms. The predicted molar refractivity (Wildman–Crippen MR) is 79.1 cm³/mol. The highest BCUT2D eigenvalue weighted by Crippen LogP contribution is 2.42. The molecular formula is C15H22ClFN2. The molecule has 0 amide bonds. The van der Waals surface area contributed by atoms with Gasteiger partial charge in [0.1, 0.15) is 5.82 Å². The van der Waals surface area contributed by atoms with Crippen molar-refractivity contribution in [3.05, 3.63) is 29.0 Å². The Morgan fingerprint density at radius 2 is 2.05 bits per heavy atom. The fourth-order valence-electron chi connectivity index (χ4n) is 3.26. The largest absolute Gasteiger partial charge is 0.378 e. The molecule has 0 saturated heterocycles.